The molecule has 0 aliphatic heterocycles. The van der Waals surface area contributed by atoms with Gasteiger partial charge in [-0.25, -0.2) is 4.79 Å². The lowest BCUT2D eigenvalue weighted by Gasteiger charge is -2.29. The summed E-state index contributed by atoms with van der Waals surface area (Å²) in [4.78, 5) is 59.9. The molecular formula is C19H35N5O7. The summed E-state index contributed by atoms with van der Waals surface area (Å²) in [6.07, 6.45) is -1.29. The number of primary amides is 1. The van der Waals surface area contributed by atoms with E-state index in [-0.39, 0.29) is 5.92 Å². The number of rotatable bonds is 13. The molecule has 0 aromatic carbocycles. The Morgan fingerprint density at radius 1 is 0.839 bits per heavy atom. The zero-order valence-corrected chi connectivity index (χ0v) is 18.5. The van der Waals surface area contributed by atoms with Gasteiger partial charge in [0, 0.05) is 0 Å². The van der Waals surface area contributed by atoms with Crippen LogP contribution in [-0.4, -0.2) is 70.1 Å². The molecule has 4 amide bonds. The number of nitrogens with one attached hydrogen (secondary N) is 3. The van der Waals surface area contributed by atoms with Crippen molar-refractivity contribution in [3.05, 3.63) is 0 Å². The maximum atomic E-state index is 12.8. The molecule has 12 heteroatoms. The molecule has 12 nitrogen and oxygen atoms in total. The summed E-state index contributed by atoms with van der Waals surface area (Å²) in [7, 11) is 0. The number of carboxylic acid groups (broad SMARTS) is 1. The van der Waals surface area contributed by atoms with Crippen molar-refractivity contribution in [1.82, 2.24) is 16.0 Å². The summed E-state index contributed by atoms with van der Waals surface area (Å²) in [5, 5.41) is 26.3. The summed E-state index contributed by atoms with van der Waals surface area (Å²) in [6, 6.07) is -5.06. The molecule has 0 spiro atoms. The van der Waals surface area contributed by atoms with E-state index < -0.39 is 72.2 Å². The summed E-state index contributed by atoms with van der Waals surface area (Å²) in [6.45, 7) is 7.91. The highest BCUT2D eigenvalue weighted by Crippen LogP contribution is 2.10. The van der Waals surface area contributed by atoms with Crippen molar-refractivity contribution in [2.75, 3.05) is 0 Å². The summed E-state index contributed by atoms with van der Waals surface area (Å²) < 4.78 is 0. The first-order valence-corrected chi connectivity index (χ1v) is 10.1. The third kappa shape index (κ3) is 9.30. The van der Waals surface area contributed by atoms with Gasteiger partial charge in [-0.2, -0.15) is 0 Å². The van der Waals surface area contributed by atoms with Gasteiger partial charge in [0.15, 0.2) is 0 Å². The predicted octanol–water partition coefficient (Wildman–Crippen LogP) is -2.19. The van der Waals surface area contributed by atoms with Crippen molar-refractivity contribution in [3.8, 4) is 0 Å². The van der Waals surface area contributed by atoms with Gasteiger partial charge in [0.25, 0.3) is 0 Å². The lowest BCUT2D eigenvalue weighted by atomic mass is 9.96. The standard InChI is InChI=1S/C19H35N5O7/c1-6-9(4)14(23-16(27)11(20)7-12(21)26)17(28)24-15(10(5)25)18(29)22-13(8(2)3)19(30)31/h8-11,13-15,25H,6-7,20H2,1-5H3,(H2,21,26)(H,22,29)(H,23,27)(H,24,28)(H,30,31). The average Bonchev–Trinajstić information content (AvgIpc) is 2.65. The monoisotopic (exact) mass is 445 g/mol. The highest BCUT2D eigenvalue weighted by atomic mass is 16.4. The van der Waals surface area contributed by atoms with Crippen molar-refractivity contribution in [1.29, 1.82) is 0 Å². The fourth-order valence-corrected chi connectivity index (χ4v) is 2.68. The van der Waals surface area contributed by atoms with Crippen LogP contribution in [0, 0.1) is 11.8 Å². The molecule has 31 heavy (non-hydrogen) atoms. The SMILES string of the molecule is CCC(C)C(NC(=O)C(N)CC(N)=O)C(=O)NC(C(=O)NC(C(=O)O)C(C)C)C(C)O. The molecular weight excluding hydrogens is 410 g/mol. The Hall–Kier alpha value is -2.73. The second kappa shape index (κ2) is 12.8. The normalized spacial score (nSPS) is 16.9. The van der Waals surface area contributed by atoms with E-state index in [0.717, 1.165) is 0 Å². The molecule has 0 bridgehead atoms. The van der Waals surface area contributed by atoms with Gasteiger partial charge in [-0.15, -0.1) is 0 Å². The molecule has 0 aliphatic carbocycles. The van der Waals surface area contributed by atoms with Crippen LogP contribution in [0.1, 0.15) is 47.5 Å². The zero-order chi connectivity index (χ0) is 24.5. The molecule has 0 aliphatic rings. The molecule has 0 rings (SSSR count). The summed E-state index contributed by atoms with van der Waals surface area (Å²) >= 11 is 0. The number of carbonyl (C=O) groups excluding carboxylic acids is 4. The fourth-order valence-electron chi connectivity index (χ4n) is 2.68. The van der Waals surface area contributed by atoms with Crippen molar-refractivity contribution in [2.45, 2.75) is 77.7 Å². The number of hydrogen-bond donors (Lipinski definition) is 7. The first kappa shape index (κ1) is 28.3. The van der Waals surface area contributed by atoms with Crippen LogP contribution < -0.4 is 27.4 Å². The number of aliphatic hydroxyl groups excluding tert-OH is 1. The third-order valence-electron chi connectivity index (χ3n) is 4.84. The van der Waals surface area contributed by atoms with E-state index in [9.17, 15) is 34.2 Å². The third-order valence-corrected chi connectivity index (χ3v) is 4.84. The molecule has 0 aromatic heterocycles. The number of hydrogen-bond acceptors (Lipinski definition) is 7. The van der Waals surface area contributed by atoms with Gasteiger partial charge < -0.3 is 37.6 Å². The van der Waals surface area contributed by atoms with E-state index in [4.69, 9.17) is 11.5 Å². The Morgan fingerprint density at radius 2 is 1.29 bits per heavy atom. The molecule has 0 saturated carbocycles. The minimum absolute atomic E-state index is 0.384. The van der Waals surface area contributed by atoms with Gasteiger partial charge in [0.2, 0.25) is 23.6 Å². The molecule has 0 aromatic rings. The van der Waals surface area contributed by atoms with E-state index in [2.05, 4.69) is 16.0 Å². The quantitative estimate of drug-likeness (QED) is 0.165. The van der Waals surface area contributed by atoms with Crippen molar-refractivity contribution >= 4 is 29.6 Å². The molecule has 0 fully saturated rings. The molecule has 6 unspecified atom stereocenters. The Kier molecular flexibility index (Phi) is 11.7. The average molecular weight is 446 g/mol. The summed E-state index contributed by atoms with van der Waals surface area (Å²) in [5.41, 5.74) is 10.6. The Balaban J connectivity index is 5.49. The number of carbonyl (C=O) groups is 5. The number of aliphatic carboxylic acids is 1. The lowest BCUT2D eigenvalue weighted by molar-refractivity contribution is -0.144. The van der Waals surface area contributed by atoms with Gasteiger partial charge in [-0.1, -0.05) is 34.1 Å². The van der Waals surface area contributed by atoms with Crippen LogP contribution in [0.5, 0.6) is 0 Å². The smallest absolute Gasteiger partial charge is 0.326 e. The van der Waals surface area contributed by atoms with Crippen LogP contribution in [0.2, 0.25) is 0 Å². The molecule has 0 heterocycles. The molecule has 6 atom stereocenters. The molecule has 0 radical (unpaired) electrons. The fraction of sp³-hybridized carbons (Fsp3) is 0.737. The lowest BCUT2D eigenvalue weighted by Crippen LogP contribution is -2.61. The first-order valence-electron chi connectivity index (χ1n) is 10.1. The molecule has 0 saturated heterocycles. The maximum absolute atomic E-state index is 12.8. The van der Waals surface area contributed by atoms with Gasteiger partial charge in [-0.3, -0.25) is 19.2 Å². The number of aliphatic hydroxyl groups is 1. The van der Waals surface area contributed by atoms with E-state index in [0.29, 0.717) is 6.42 Å². The first-order chi connectivity index (χ1) is 14.2. The van der Waals surface area contributed by atoms with Crippen LogP contribution in [-0.2, 0) is 24.0 Å². The Labute approximate surface area is 181 Å². The topological polar surface area (TPSA) is 214 Å². The largest absolute Gasteiger partial charge is 0.480 e. The predicted molar refractivity (Wildman–Crippen MR) is 111 cm³/mol. The number of carboxylic acids is 1. The zero-order valence-electron chi connectivity index (χ0n) is 18.5. The summed E-state index contributed by atoms with van der Waals surface area (Å²) in [5.74, 6) is -5.29. The minimum Gasteiger partial charge on any atom is -0.480 e. The number of nitrogens with two attached hydrogens (primary N) is 2. The van der Waals surface area contributed by atoms with Crippen molar-refractivity contribution < 1.29 is 34.2 Å². The molecule has 9 N–H and O–H groups in total. The van der Waals surface area contributed by atoms with Crippen molar-refractivity contribution in [2.24, 2.45) is 23.3 Å². The van der Waals surface area contributed by atoms with Gasteiger partial charge in [0.05, 0.1) is 18.6 Å². The van der Waals surface area contributed by atoms with E-state index in [1.807, 2.05) is 0 Å². The van der Waals surface area contributed by atoms with Gasteiger partial charge >= 0.3 is 5.97 Å². The highest BCUT2D eigenvalue weighted by Gasteiger charge is 2.35. The van der Waals surface area contributed by atoms with Crippen LogP contribution in [0.15, 0.2) is 0 Å². The maximum Gasteiger partial charge on any atom is 0.326 e. The molecule has 178 valence electrons. The van der Waals surface area contributed by atoms with E-state index >= 15 is 0 Å². The second-order valence-electron chi connectivity index (χ2n) is 7.94. The van der Waals surface area contributed by atoms with Crippen LogP contribution in [0.25, 0.3) is 0 Å². The number of amides is 4. The van der Waals surface area contributed by atoms with Gasteiger partial charge in [-0.05, 0) is 18.8 Å². The minimum atomic E-state index is -1.46. The van der Waals surface area contributed by atoms with E-state index in [1.165, 1.54) is 6.92 Å². The van der Waals surface area contributed by atoms with Crippen LogP contribution in [0.4, 0.5) is 0 Å². The second-order valence-corrected chi connectivity index (χ2v) is 7.94. The van der Waals surface area contributed by atoms with Crippen LogP contribution >= 0.6 is 0 Å². The van der Waals surface area contributed by atoms with Crippen LogP contribution in [0.3, 0.4) is 0 Å². The van der Waals surface area contributed by atoms with Crippen molar-refractivity contribution in [3.63, 3.8) is 0 Å². The van der Waals surface area contributed by atoms with E-state index in [1.54, 1.807) is 27.7 Å². The van der Waals surface area contributed by atoms with Gasteiger partial charge in [0.1, 0.15) is 18.1 Å². The Bertz CT molecular complexity index is 668. The Morgan fingerprint density at radius 3 is 1.68 bits per heavy atom. The highest BCUT2D eigenvalue weighted by molar-refractivity contribution is 5.95.